The quantitative estimate of drug-likeness (QED) is 0.652. The van der Waals surface area contributed by atoms with Crippen molar-refractivity contribution in [3.8, 4) is 0 Å². The molecule has 0 amide bonds. The van der Waals surface area contributed by atoms with Crippen molar-refractivity contribution in [2.75, 3.05) is 32.7 Å². The molecule has 0 aromatic rings. The Bertz CT molecular complexity index is 329. The first-order valence-electron chi connectivity index (χ1n) is 10.6. The summed E-state index contributed by atoms with van der Waals surface area (Å²) in [5, 5.41) is 0. The van der Waals surface area contributed by atoms with E-state index in [0.29, 0.717) is 18.2 Å². The van der Waals surface area contributed by atoms with E-state index in [-0.39, 0.29) is 0 Å². The van der Waals surface area contributed by atoms with Gasteiger partial charge in [0.1, 0.15) is 0 Å². The molecule has 1 saturated carbocycles. The van der Waals surface area contributed by atoms with Crippen LogP contribution in [0.15, 0.2) is 0 Å². The molecule has 1 aliphatic heterocycles. The SMILES string of the molecule is CC(C)OC1CCC(CC[C@@H](C)CN2CCN(C(C)C)CC2)CC1. The second kappa shape index (κ2) is 10.1. The van der Waals surface area contributed by atoms with Gasteiger partial charge in [-0.3, -0.25) is 4.90 Å². The van der Waals surface area contributed by atoms with Crippen LogP contribution in [0.4, 0.5) is 0 Å². The summed E-state index contributed by atoms with van der Waals surface area (Å²) in [6, 6.07) is 0.708. The fourth-order valence-corrected chi connectivity index (χ4v) is 4.46. The molecule has 1 aliphatic carbocycles. The van der Waals surface area contributed by atoms with Crippen molar-refractivity contribution in [1.82, 2.24) is 9.80 Å². The van der Waals surface area contributed by atoms with Crippen LogP contribution >= 0.6 is 0 Å². The Labute approximate surface area is 151 Å². The van der Waals surface area contributed by atoms with E-state index >= 15 is 0 Å². The maximum Gasteiger partial charge on any atom is 0.0578 e. The summed E-state index contributed by atoms with van der Waals surface area (Å²) in [7, 11) is 0. The predicted octanol–water partition coefficient (Wildman–Crippen LogP) is 4.41. The van der Waals surface area contributed by atoms with Crippen molar-refractivity contribution < 1.29 is 4.74 Å². The fraction of sp³-hybridized carbons (Fsp3) is 1.00. The lowest BCUT2D eigenvalue weighted by molar-refractivity contribution is -0.0206. The monoisotopic (exact) mass is 338 g/mol. The molecule has 142 valence electrons. The topological polar surface area (TPSA) is 15.7 Å². The molecule has 2 rings (SSSR count). The molecule has 3 heteroatoms. The van der Waals surface area contributed by atoms with Crippen molar-refractivity contribution in [3.05, 3.63) is 0 Å². The van der Waals surface area contributed by atoms with Crippen LogP contribution in [0.1, 0.15) is 73.1 Å². The zero-order valence-electron chi connectivity index (χ0n) is 17.0. The summed E-state index contributed by atoms with van der Waals surface area (Å²) < 4.78 is 5.98. The van der Waals surface area contributed by atoms with Gasteiger partial charge in [-0.15, -0.1) is 0 Å². The van der Waals surface area contributed by atoms with Gasteiger partial charge in [0.25, 0.3) is 0 Å². The highest BCUT2D eigenvalue weighted by atomic mass is 16.5. The van der Waals surface area contributed by atoms with E-state index < -0.39 is 0 Å². The molecular weight excluding hydrogens is 296 g/mol. The zero-order chi connectivity index (χ0) is 17.5. The molecule has 2 fully saturated rings. The van der Waals surface area contributed by atoms with Crippen molar-refractivity contribution in [2.45, 2.75) is 91.4 Å². The summed E-state index contributed by atoms with van der Waals surface area (Å²) in [6.45, 7) is 17.8. The summed E-state index contributed by atoms with van der Waals surface area (Å²) in [5.74, 6) is 1.80. The van der Waals surface area contributed by atoms with E-state index in [2.05, 4.69) is 44.4 Å². The Morgan fingerprint density at radius 2 is 1.50 bits per heavy atom. The zero-order valence-corrected chi connectivity index (χ0v) is 17.0. The minimum Gasteiger partial charge on any atom is -0.376 e. The van der Waals surface area contributed by atoms with Crippen molar-refractivity contribution in [1.29, 1.82) is 0 Å². The number of ether oxygens (including phenoxy) is 1. The second-order valence-electron chi connectivity index (χ2n) is 8.94. The molecule has 0 bridgehead atoms. The summed E-state index contributed by atoms with van der Waals surface area (Å²) >= 11 is 0. The molecule has 0 radical (unpaired) electrons. The third-order valence-corrected chi connectivity index (χ3v) is 6.03. The summed E-state index contributed by atoms with van der Waals surface area (Å²) in [6.07, 6.45) is 9.11. The van der Waals surface area contributed by atoms with Gasteiger partial charge in [0.2, 0.25) is 0 Å². The van der Waals surface area contributed by atoms with Gasteiger partial charge in [-0.05, 0) is 71.6 Å². The molecule has 1 atom stereocenters. The van der Waals surface area contributed by atoms with Gasteiger partial charge in [-0.1, -0.05) is 13.3 Å². The molecule has 0 aromatic carbocycles. The maximum absolute atomic E-state index is 5.98. The largest absolute Gasteiger partial charge is 0.376 e. The molecule has 0 aromatic heterocycles. The molecule has 1 saturated heterocycles. The predicted molar refractivity (Wildman–Crippen MR) is 104 cm³/mol. The normalized spacial score (nSPS) is 28.6. The van der Waals surface area contributed by atoms with Crippen molar-refractivity contribution in [2.24, 2.45) is 11.8 Å². The average Bonchev–Trinajstić information content (AvgIpc) is 2.54. The van der Waals surface area contributed by atoms with Gasteiger partial charge in [0, 0.05) is 38.8 Å². The second-order valence-corrected chi connectivity index (χ2v) is 8.94. The lowest BCUT2D eigenvalue weighted by Crippen LogP contribution is -2.49. The molecule has 1 heterocycles. The lowest BCUT2D eigenvalue weighted by Gasteiger charge is -2.38. The first-order chi connectivity index (χ1) is 11.4. The Morgan fingerprint density at radius 1 is 0.875 bits per heavy atom. The molecule has 3 nitrogen and oxygen atoms in total. The van der Waals surface area contributed by atoms with Gasteiger partial charge in [-0.2, -0.15) is 0 Å². The Balaban J connectivity index is 1.56. The van der Waals surface area contributed by atoms with Crippen LogP contribution in [0.5, 0.6) is 0 Å². The van der Waals surface area contributed by atoms with Crippen LogP contribution in [0.3, 0.4) is 0 Å². The third-order valence-electron chi connectivity index (χ3n) is 6.03. The van der Waals surface area contributed by atoms with E-state index in [1.54, 1.807) is 0 Å². The molecule has 0 spiro atoms. The first kappa shape index (κ1) is 20.2. The van der Waals surface area contributed by atoms with E-state index in [1.165, 1.54) is 71.2 Å². The van der Waals surface area contributed by atoms with E-state index in [9.17, 15) is 0 Å². The van der Waals surface area contributed by atoms with E-state index in [1.807, 2.05) is 0 Å². The molecular formula is C21H42N2O. The van der Waals surface area contributed by atoms with Crippen molar-refractivity contribution in [3.63, 3.8) is 0 Å². The average molecular weight is 339 g/mol. The maximum atomic E-state index is 5.98. The highest BCUT2D eigenvalue weighted by molar-refractivity contribution is 4.77. The van der Waals surface area contributed by atoms with Crippen molar-refractivity contribution >= 4 is 0 Å². The Morgan fingerprint density at radius 3 is 2.04 bits per heavy atom. The van der Waals surface area contributed by atoms with Crippen LogP contribution in [0.2, 0.25) is 0 Å². The molecule has 0 unspecified atom stereocenters. The summed E-state index contributed by atoms with van der Waals surface area (Å²) in [5.41, 5.74) is 0. The van der Waals surface area contributed by atoms with E-state index in [4.69, 9.17) is 4.74 Å². The molecule has 24 heavy (non-hydrogen) atoms. The van der Waals surface area contributed by atoms with E-state index in [0.717, 1.165) is 11.8 Å². The van der Waals surface area contributed by atoms with Crippen LogP contribution < -0.4 is 0 Å². The lowest BCUT2D eigenvalue weighted by atomic mass is 9.83. The highest BCUT2D eigenvalue weighted by Crippen LogP contribution is 2.31. The van der Waals surface area contributed by atoms with Crippen LogP contribution in [-0.2, 0) is 4.74 Å². The number of nitrogens with zero attached hydrogens (tertiary/aromatic N) is 2. The van der Waals surface area contributed by atoms with Gasteiger partial charge >= 0.3 is 0 Å². The number of hydrogen-bond acceptors (Lipinski definition) is 3. The van der Waals surface area contributed by atoms with Gasteiger partial charge in [0.15, 0.2) is 0 Å². The minimum atomic E-state index is 0.391. The highest BCUT2D eigenvalue weighted by Gasteiger charge is 2.24. The molecule has 2 aliphatic rings. The number of hydrogen-bond donors (Lipinski definition) is 0. The Kier molecular flexibility index (Phi) is 8.53. The standard InChI is InChI=1S/C21H42N2O/c1-17(2)23-14-12-22(13-15-23)16-19(5)6-7-20-8-10-21(11-9-20)24-18(3)4/h17-21H,6-16H2,1-5H3/t19-,20?,21?/m1/s1. The minimum absolute atomic E-state index is 0.391. The fourth-order valence-electron chi connectivity index (χ4n) is 4.46. The summed E-state index contributed by atoms with van der Waals surface area (Å²) in [4.78, 5) is 5.30. The Hall–Kier alpha value is -0.120. The van der Waals surface area contributed by atoms with Gasteiger partial charge in [-0.25, -0.2) is 0 Å². The number of piperazine rings is 1. The van der Waals surface area contributed by atoms with Crippen LogP contribution in [-0.4, -0.2) is 60.8 Å². The third kappa shape index (κ3) is 7.01. The first-order valence-corrected chi connectivity index (χ1v) is 10.6. The smallest absolute Gasteiger partial charge is 0.0578 e. The van der Waals surface area contributed by atoms with Gasteiger partial charge in [0.05, 0.1) is 12.2 Å². The van der Waals surface area contributed by atoms with Gasteiger partial charge < -0.3 is 9.64 Å². The van der Waals surface area contributed by atoms with Crippen LogP contribution in [0, 0.1) is 11.8 Å². The molecule has 0 N–H and O–H groups in total. The number of rotatable bonds is 8. The van der Waals surface area contributed by atoms with Crippen LogP contribution in [0.25, 0.3) is 0 Å².